The summed E-state index contributed by atoms with van der Waals surface area (Å²) < 4.78 is 12.9. The van der Waals surface area contributed by atoms with Gasteiger partial charge in [0.25, 0.3) is 0 Å². The first-order valence-corrected chi connectivity index (χ1v) is 6.13. The van der Waals surface area contributed by atoms with Crippen molar-refractivity contribution in [1.82, 2.24) is 0 Å². The molecule has 0 aliphatic carbocycles. The molecular formula is C13H19ClFN. The Balaban J connectivity index is 2.69. The molecule has 0 heterocycles. The van der Waals surface area contributed by atoms with Gasteiger partial charge in [-0.2, -0.15) is 0 Å². The second-order valence-corrected chi connectivity index (χ2v) is 4.81. The van der Waals surface area contributed by atoms with Crippen molar-refractivity contribution in [2.45, 2.75) is 39.2 Å². The summed E-state index contributed by atoms with van der Waals surface area (Å²) in [5.74, 6) is 0.253. The van der Waals surface area contributed by atoms with E-state index < -0.39 is 0 Å². The molecule has 0 aliphatic heterocycles. The van der Waals surface area contributed by atoms with Crippen molar-refractivity contribution in [3.63, 3.8) is 0 Å². The summed E-state index contributed by atoms with van der Waals surface area (Å²) in [4.78, 5) is 0. The van der Waals surface area contributed by atoms with Gasteiger partial charge in [0.05, 0.1) is 0 Å². The Hall–Kier alpha value is -0.600. The highest BCUT2D eigenvalue weighted by Gasteiger charge is 2.13. The number of nitrogens with two attached hydrogens (primary N) is 1. The van der Waals surface area contributed by atoms with Crippen LogP contribution in [-0.2, 0) is 0 Å². The van der Waals surface area contributed by atoms with Crippen LogP contribution in [0.3, 0.4) is 0 Å². The predicted molar refractivity (Wildman–Crippen MR) is 67.0 cm³/mol. The first kappa shape index (κ1) is 13.5. The Kier molecular flexibility index (Phi) is 5.23. The molecule has 1 rings (SSSR count). The minimum atomic E-state index is -0.317. The van der Waals surface area contributed by atoms with E-state index in [0.29, 0.717) is 10.9 Å². The lowest BCUT2D eigenvalue weighted by Crippen LogP contribution is -2.14. The zero-order valence-corrected chi connectivity index (χ0v) is 10.6. The predicted octanol–water partition coefficient (Wildman–Crippen LogP) is 4.31. The quantitative estimate of drug-likeness (QED) is 0.820. The van der Waals surface area contributed by atoms with Crippen LogP contribution >= 0.6 is 11.6 Å². The van der Waals surface area contributed by atoms with Crippen LogP contribution in [0.4, 0.5) is 4.39 Å². The molecule has 2 N–H and O–H groups in total. The zero-order chi connectivity index (χ0) is 12.1. The van der Waals surface area contributed by atoms with Gasteiger partial charge in [0.2, 0.25) is 0 Å². The molecule has 1 aromatic carbocycles. The van der Waals surface area contributed by atoms with Crippen molar-refractivity contribution in [3.8, 4) is 0 Å². The van der Waals surface area contributed by atoms with Gasteiger partial charge >= 0.3 is 0 Å². The monoisotopic (exact) mass is 243 g/mol. The van der Waals surface area contributed by atoms with E-state index in [1.54, 1.807) is 6.07 Å². The molecule has 90 valence electrons. The maximum atomic E-state index is 12.9. The van der Waals surface area contributed by atoms with Gasteiger partial charge in [0, 0.05) is 11.1 Å². The topological polar surface area (TPSA) is 26.0 Å². The number of hydrogen-bond acceptors (Lipinski definition) is 1. The molecule has 0 saturated heterocycles. The number of rotatable bonds is 5. The first-order chi connectivity index (χ1) is 7.54. The summed E-state index contributed by atoms with van der Waals surface area (Å²) in [5, 5.41) is 0.427. The average Bonchev–Trinajstić information content (AvgIpc) is 2.17. The lowest BCUT2D eigenvalue weighted by Gasteiger charge is -2.18. The maximum absolute atomic E-state index is 12.9. The Bertz CT molecular complexity index is 341. The molecule has 0 fully saturated rings. The molecular weight excluding hydrogens is 225 g/mol. The van der Waals surface area contributed by atoms with Gasteiger partial charge in [-0.3, -0.25) is 0 Å². The molecule has 2 unspecified atom stereocenters. The van der Waals surface area contributed by atoms with Crippen LogP contribution in [-0.4, -0.2) is 0 Å². The Morgan fingerprint density at radius 3 is 2.69 bits per heavy atom. The fourth-order valence-corrected chi connectivity index (χ4v) is 2.28. The molecule has 0 bridgehead atoms. The van der Waals surface area contributed by atoms with Crippen molar-refractivity contribution in [1.29, 1.82) is 0 Å². The largest absolute Gasteiger partial charge is 0.324 e. The van der Waals surface area contributed by atoms with Crippen LogP contribution in [0.25, 0.3) is 0 Å². The molecule has 1 aromatic rings. The first-order valence-electron chi connectivity index (χ1n) is 5.75. The van der Waals surface area contributed by atoms with Crippen molar-refractivity contribution in [2.24, 2.45) is 11.7 Å². The van der Waals surface area contributed by atoms with E-state index in [0.717, 1.165) is 24.8 Å². The smallest absolute Gasteiger partial charge is 0.124 e. The maximum Gasteiger partial charge on any atom is 0.124 e. The third kappa shape index (κ3) is 3.76. The van der Waals surface area contributed by atoms with Crippen molar-refractivity contribution >= 4 is 11.6 Å². The molecule has 0 amide bonds. The Morgan fingerprint density at radius 2 is 2.12 bits per heavy atom. The van der Waals surface area contributed by atoms with Gasteiger partial charge in [-0.25, -0.2) is 4.39 Å². The second kappa shape index (κ2) is 6.21. The molecule has 0 aromatic heterocycles. The SMILES string of the molecule is CCCC(C)CC(N)c1ccc(F)cc1Cl. The second-order valence-electron chi connectivity index (χ2n) is 4.40. The van der Waals surface area contributed by atoms with E-state index in [9.17, 15) is 4.39 Å². The summed E-state index contributed by atoms with van der Waals surface area (Å²) in [6.45, 7) is 4.34. The van der Waals surface area contributed by atoms with Gasteiger partial charge in [0.15, 0.2) is 0 Å². The highest BCUT2D eigenvalue weighted by molar-refractivity contribution is 6.31. The Morgan fingerprint density at radius 1 is 1.44 bits per heavy atom. The van der Waals surface area contributed by atoms with Crippen LogP contribution in [0, 0.1) is 11.7 Å². The lowest BCUT2D eigenvalue weighted by atomic mass is 9.93. The third-order valence-electron chi connectivity index (χ3n) is 2.80. The van der Waals surface area contributed by atoms with Crippen LogP contribution in [0.2, 0.25) is 5.02 Å². The summed E-state index contributed by atoms with van der Waals surface area (Å²) >= 11 is 5.96. The minimum absolute atomic E-state index is 0.102. The van der Waals surface area contributed by atoms with Gasteiger partial charge in [0.1, 0.15) is 5.82 Å². The van der Waals surface area contributed by atoms with E-state index in [1.165, 1.54) is 12.1 Å². The van der Waals surface area contributed by atoms with Crippen LogP contribution < -0.4 is 5.73 Å². The number of benzene rings is 1. The van der Waals surface area contributed by atoms with Crippen LogP contribution in [0.5, 0.6) is 0 Å². The van der Waals surface area contributed by atoms with E-state index in [2.05, 4.69) is 13.8 Å². The van der Waals surface area contributed by atoms with Gasteiger partial charge in [-0.05, 0) is 30.0 Å². The van der Waals surface area contributed by atoms with Crippen molar-refractivity contribution in [3.05, 3.63) is 34.6 Å². The molecule has 0 saturated carbocycles. The van der Waals surface area contributed by atoms with Crippen molar-refractivity contribution < 1.29 is 4.39 Å². The molecule has 0 aliphatic rings. The minimum Gasteiger partial charge on any atom is -0.324 e. The summed E-state index contributed by atoms with van der Waals surface area (Å²) in [7, 11) is 0. The molecule has 1 nitrogen and oxygen atoms in total. The molecule has 3 heteroatoms. The van der Waals surface area contributed by atoms with Gasteiger partial charge < -0.3 is 5.73 Å². The summed E-state index contributed by atoms with van der Waals surface area (Å²) in [5.41, 5.74) is 6.91. The fraction of sp³-hybridized carbons (Fsp3) is 0.538. The van der Waals surface area contributed by atoms with Gasteiger partial charge in [-0.1, -0.05) is 44.4 Å². The van der Waals surface area contributed by atoms with E-state index in [-0.39, 0.29) is 11.9 Å². The van der Waals surface area contributed by atoms with Crippen LogP contribution in [0.15, 0.2) is 18.2 Å². The van der Waals surface area contributed by atoms with E-state index in [1.807, 2.05) is 0 Å². The highest BCUT2D eigenvalue weighted by Crippen LogP contribution is 2.27. The lowest BCUT2D eigenvalue weighted by molar-refractivity contribution is 0.440. The van der Waals surface area contributed by atoms with Crippen molar-refractivity contribution in [2.75, 3.05) is 0 Å². The number of halogens is 2. The fourth-order valence-electron chi connectivity index (χ4n) is 1.97. The number of hydrogen-bond donors (Lipinski definition) is 1. The van der Waals surface area contributed by atoms with E-state index >= 15 is 0 Å². The molecule has 16 heavy (non-hydrogen) atoms. The molecule has 0 radical (unpaired) electrons. The van der Waals surface area contributed by atoms with Crippen LogP contribution in [0.1, 0.15) is 44.7 Å². The average molecular weight is 244 g/mol. The van der Waals surface area contributed by atoms with E-state index in [4.69, 9.17) is 17.3 Å². The molecule has 2 atom stereocenters. The Labute approximate surface area is 102 Å². The highest BCUT2D eigenvalue weighted by atomic mass is 35.5. The summed E-state index contributed by atoms with van der Waals surface area (Å²) in [6, 6.07) is 4.31. The molecule has 0 spiro atoms. The summed E-state index contributed by atoms with van der Waals surface area (Å²) in [6.07, 6.45) is 3.21. The third-order valence-corrected chi connectivity index (χ3v) is 3.13. The zero-order valence-electron chi connectivity index (χ0n) is 9.84. The van der Waals surface area contributed by atoms with Gasteiger partial charge in [-0.15, -0.1) is 0 Å². The normalized spacial score (nSPS) is 14.8. The standard InChI is InChI=1S/C13H19ClFN/c1-3-4-9(2)7-13(16)11-6-5-10(15)8-12(11)14/h5-6,8-9,13H,3-4,7,16H2,1-2H3.